The van der Waals surface area contributed by atoms with Gasteiger partial charge in [-0.3, -0.25) is 4.79 Å². The fraction of sp³-hybridized carbons (Fsp3) is 0.278. The van der Waals surface area contributed by atoms with Gasteiger partial charge in [0.2, 0.25) is 0 Å². The molecule has 1 saturated heterocycles. The first-order valence-corrected chi connectivity index (χ1v) is 7.52. The molecular formula is C18H17NO5. The Morgan fingerprint density at radius 3 is 2.46 bits per heavy atom. The fourth-order valence-corrected chi connectivity index (χ4v) is 2.61. The average molecular weight is 327 g/mol. The number of aromatic amines is 1. The van der Waals surface area contributed by atoms with Crippen LogP contribution in [0.15, 0.2) is 47.4 Å². The molecule has 6 heteroatoms. The molecule has 2 heterocycles. The molecule has 0 spiro atoms. The number of aromatic nitrogens is 1. The van der Waals surface area contributed by atoms with Crippen molar-refractivity contribution in [1.29, 1.82) is 0 Å². The quantitative estimate of drug-likeness (QED) is 0.578. The van der Waals surface area contributed by atoms with Crippen molar-refractivity contribution in [3.8, 4) is 11.8 Å². The minimum absolute atomic E-state index is 0.164. The molecule has 1 aliphatic rings. The molecule has 0 unspecified atom stereocenters. The Labute approximate surface area is 138 Å². The molecule has 1 aromatic carbocycles. The standard InChI is InChI=1S/C18H17NO5/c20-10-14-15(21)16(22)17(24-14)13-8-12(9-19-18(13)23)7-6-11-4-2-1-3-5-11/h1-5,8-9,14-17,20-22H,10H2,(H,19,23)/t14-,15-,16-,17+/m1/s1. The zero-order valence-corrected chi connectivity index (χ0v) is 12.7. The summed E-state index contributed by atoms with van der Waals surface area (Å²) in [7, 11) is 0. The second-order valence-corrected chi connectivity index (χ2v) is 5.55. The highest BCUT2D eigenvalue weighted by Crippen LogP contribution is 2.31. The van der Waals surface area contributed by atoms with Crippen LogP contribution in [0.1, 0.15) is 22.8 Å². The monoisotopic (exact) mass is 327 g/mol. The molecule has 4 N–H and O–H groups in total. The van der Waals surface area contributed by atoms with Crippen molar-refractivity contribution in [2.24, 2.45) is 0 Å². The van der Waals surface area contributed by atoms with E-state index < -0.39 is 36.6 Å². The van der Waals surface area contributed by atoms with E-state index in [-0.39, 0.29) is 5.56 Å². The van der Waals surface area contributed by atoms with Crippen LogP contribution >= 0.6 is 0 Å². The number of rotatable bonds is 2. The van der Waals surface area contributed by atoms with Crippen LogP contribution in [0.25, 0.3) is 0 Å². The number of aliphatic hydroxyl groups is 3. The highest BCUT2D eigenvalue weighted by Gasteiger charge is 2.44. The minimum Gasteiger partial charge on any atom is -0.394 e. The van der Waals surface area contributed by atoms with E-state index in [2.05, 4.69) is 16.8 Å². The number of hydrogen-bond acceptors (Lipinski definition) is 5. The predicted molar refractivity (Wildman–Crippen MR) is 86.2 cm³/mol. The molecule has 1 aliphatic heterocycles. The van der Waals surface area contributed by atoms with Gasteiger partial charge in [0.05, 0.1) is 6.61 Å². The van der Waals surface area contributed by atoms with Gasteiger partial charge >= 0.3 is 0 Å². The van der Waals surface area contributed by atoms with E-state index in [0.29, 0.717) is 5.56 Å². The van der Waals surface area contributed by atoms with Crippen molar-refractivity contribution in [3.63, 3.8) is 0 Å². The SMILES string of the molecule is O=c1[nH]cc(C#Cc2ccccc2)cc1[C@@H]1O[C@H](CO)[C@@H](O)[C@H]1O. The summed E-state index contributed by atoms with van der Waals surface area (Å²) in [6, 6.07) is 10.9. The first-order chi connectivity index (χ1) is 11.6. The molecule has 0 aliphatic carbocycles. The molecule has 124 valence electrons. The van der Waals surface area contributed by atoms with E-state index in [0.717, 1.165) is 5.56 Å². The van der Waals surface area contributed by atoms with Crippen molar-refractivity contribution in [3.05, 3.63) is 69.6 Å². The van der Waals surface area contributed by atoms with Crippen LogP contribution in [0.5, 0.6) is 0 Å². The van der Waals surface area contributed by atoms with Crippen molar-refractivity contribution in [1.82, 2.24) is 4.98 Å². The van der Waals surface area contributed by atoms with Crippen LogP contribution in [0, 0.1) is 11.8 Å². The average Bonchev–Trinajstić information content (AvgIpc) is 2.90. The Hall–Kier alpha value is -2.43. The van der Waals surface area contributed by atoms with Gasteiger partial charge < -0.3 is 25.0 Å². The lowest BCUT2D eigenvalue weighted by atomic mass is 10.0. The Morgan fingerprint density at radius 1 is 1.08 bits per heavy atom. The summed E-state index contributed by atoms with van der Waals surface area (Å²) < 4.78 is 5.40. The van der Waals surface area contributed by atoms with Crippen LogP contribution < -0.4 is 5.56 Å². The lowest BCUT2D eigenvalue weighted by molar-refractivity contribution is -0.0231. The van der Waals surface area contributed by atoms with Crippen LogP contribution in [0.3, 0.4) is 0 Å². The Balaban J connectivity index is 1.91. The van der Waals surface area contributed by atoms with E-state index >= 15 is 0 Å². The van der Waals surface area contributed by atoms with Crippen LogP contribution in [0.2, 0.25) is 0 Å². The molecule has 4 atom stereocenters. The van der Waals surface area contributed by atoms with Crippen molar-refractivity contribution in [2.75, 3.05) is 6.61 Å². The van der Waals surface area contributed by atoms with Gasteiger partial charge in [-0.25, -0.2) is 0 Å². The third-order valence-corrected chi connectivity index (χ3v) is 3.91. The zero-order valence-electron chi connectivity index (χ0n) is 12.7. The Bertz CT molecular complexity index is 821. The van der Waals surface area contributed by atoms with Gasteiger partial charge in [-0.05, 0) is 18.2 Å². The van der Waals surface area contributed by atoms with E-state index in [1.165, 1.54) is 12.3 Å². The number of nitrogens with one attached hydrogen (secondary N) is 1. The lowest BCUT2D eigenvalue weighted by Gasteiger charge is -2.14. The summed E-state index contributed by atoms with van der Waals surface area (Å²) >= 11 is 0. The molecule has 6 nitrogen and oxygen atoms in total. The second kappa shape index (κ2) is 6.99. The highest BCUT2D eigenvalue weighted by molar-refractivity contribution is 5.43. The molecule has 0 radical (unpaired) electrons. The maximum Gasteiger partial charge on any atom is 0.253 e. The maximum absolute atomic E-state index is 12.0. The first kappa shape index (κ1) is 16.4. The number of aliphatic hydroxyl groups excluding tert-OH is 3. The molecule has 0 bridgehead atoms. The molecule has 3 rings (SSSR count). The molecule has 1 fully saturated rings. The van der Waals surface area contributed by atoms with Crippen molar-refractivity contribution < 1.29 is 20.1 Å². The van der Waals surface area contributed by atoms with Crippen molar-refractivity contribution in [2.45, 2.75) is 24.4 Å². The molecule has 0 saturated carbocycles. The summed E-state index contributed by atoms with van der Waals surface area (Å²) in [5.74, 6) is 5.91. The highest BCUT2D eigenvalue weighted by atomic mass is 16.6. The second-order valence-electron chi connectivity index (χ2n) is 5.55. The summed E-state index contributed by atoms with van der Waals surface area (Å²) in [5.41, 5.74) is 1.11. The smallest absolute Gasteiger partial charge is 0.253 e. The van der Waals surface area contributed by atoms with Crippen LogP contribution in [-0.4, -0.2) is 45.2 Å². The first-order valence-electron chi connectivity index (χ1n) is 7.52. The van der Waals surface area contributed by atoms with Crippen molar-refractivity contribution >= 4 is 0 Å². The third-order valence-electron chi connectivity index (χ3n) is 3.91. The number of pyridine rings is 1. The molecular weight excluding hydrogens is 310 g/mol. The largest absolute Gasteiger partial charge is 0.394 e. The Morgan fingerprint density at radius 2 is 1.79 bits per heavy atom. The van der Waals surface area contributed by atoms with Gasteiger partial charge in [-0.15, -0.1) is 0 Å². The molecule has 24 heavy (non-hydrogen) atoms. The van der Waals surface area contributed by atoms with E-state index in [1.807, 2.05) is 30.3 Å². The number of H-pyrrole nitrogens is 1. The van der Waals surface area contributed by atoms with Gasteiger partial charge in [0.1, 0.15) is 24.4 Å². The molecule has 2 aromatic rings. The van der Waals surface area contributed by atoms with Gasteiger partial charge in [-0.2, -0.15) is 0 Å². The molecule has 0 amide bonds. The topological polar surface area (TPSA) is 103 Å². The minimum atomic E-state index is -1.29. The van der Waals surface area contributed by atoms with Gasteiger partial charge in [0.25, 0.3) is 5.56 Å². The van der Waals surface area contributed by atoms with Gasteiger partial charge in [0, 0.05) is 22.9 Å². The predicted octanol–water partition coefficient (Wildman–Crippen LogP) is -0.0713. The summed E-state index contributed by atoms with van der Waals surface area (Å²) in [6.45, 7) is -0.444. The van der Waals surface area contributed by atoms with Gasteiger partial charge in [-0.1, -0.05) is 30.0 Å². The summed E-state index contributed by atoms with van der Waals surface area (Å²) in [6.07, 6.45) is -3.01. The van der Waals surface area contributed by atoms with E-state index in [9.17, 15) is 15.0 Å². The number of hydrogen-bond donors (Lipinski definition) is 4. The molecule has 1 aromatic heterocycles. The third kappa shape index (κ3) is 3.25. The van der Waals surface area contributed by atoms with Crippen LogP contribution in [0.4, 0.5) is 0 Å². The summed E-state index contributed by atoms with van der Waals surface area (Å²) in [5, 5.41) is 29.0. The maximum atomic E-state index is 12.0. The van der Waals surface area contributed by atoms with E-state index in [1.54, 1.807) is 0 Å². The van der Waals surface area contributed by atoms with Crippen LogP contribution in [-0.2, 0) is 4.74 Å². The van der Waals surface area contributed by atoms with E-state index in [4.69, 9.17) is 9.84 Å². The zero-order chi connectivity index (χ0) is 17.1. The van der Waals surface area contributed by atoms with Gasteiger partial charge in [0.15, 0.2) is 0 Å². The Kier molecular flexibility index (Phi) is 4.79. The number of ether oxygens (including phenoxy) is 1. The summed E-state index contributed by atoms with van der Waals surface area (Å²) in [4.78, 5) is 14.6. The number of benzene rings is 1. The lowest BCUT2D eigenvalue weighted by Crippen LogP contribution is -2.33. The fourth-order valence-electron chi connectivity index (χ4n) is 2.61. The normalized spacial score (nSPS) is 26.0.